The molecule has 4 aliphatic rings. The number of aryl methyl sites for hydroxylation is 1. The zero-order valence-corrected chi connectivity index (χ0v) is 13.4. The van der Waals surface area contributed by atoms with Crippen LogP contribution in [0.25, 0.3) is 0 Å². The molecular weight excluding hydrogens is 262 g/mol. The van der Waals surface area contributed by atoms with Gasteiger partial charge in [-0.05, 0) is 60.7 Å². The van der Waals surface area contributed by atoms with Gasteiger partial charge >= 0.3 is 0 Å². The van der Waals surface area contributed by atoms with Gasteiger partial charge in [0.2, 0.25) is 0 Å². The smallest absolute Gasteiger partial charge is 0.0772 e. The molecule has 3 unspecified atom stereocenters. The van der Waals surface area contributed by atoms with Crippen LogP contribution in [0.1, 0.15) is 64.1 Å². The van der Waals surface area contributed by atoms with Crippen LogP contribution in [0, 0.1) is 22.2 Å². The molecule has 1 heterocycles. The van der Waals surface area contributed by atoms with E-state index in [4.69, 9.17) is 5.84 Å². The number of rotatable bonds is 3. The minimum atomic E-state index is 0.166. The molecule has 4 saturated carbocycles. The van der Waals surface area contributed by atoms with Crippen molar-refractivity contribution in [1.29, 1.82) is 0 Å². The van der Waals surface area contributed by atoms with Gasteiger partial charge in [0.15, 0.2) is 0 Å². The van der Waals surface area contributed by atoms with E-state index in [9.17, 15) is 0 Å². The number of hydrazine groups is 1. The molecule has 116 valence electrons. The number of hydrogen-bond donors (Lipinski definition) is 2. The van der Waals surface area contributed by atoms with Gasteiger partial charge < -0.3 is 0 Å². The topological polar surface area (TPSA) is 68.8 Å². The molecule has 1 aromatic heterocycles. The Morgan fingerprint density at radius 1 is 1.24 bits per heavy atom. The third-order valence-electron chi connectivity index (χ3n) is 6.49. The molecule has 5 heteroatoms. The molecule has 21 heavy (non-hydrogen) atoms. The number of hydrogen-bond acceptors (Lipinski definition) is 4. The van der Waals surface area contributed by atoms with Gasteiger partial charge in [0.25, 0.3) is 0 Å². The summed E-state index contributed by atoms with van der Waals surface area (Å²) in [6, 6.07) is 0.166. The Morgan fingerprint density at radius 2 is 1.90 bits per heavy atom. The van der Waals surface area contributed by atoms with Gasteiger partial charge in [-0.15, -0.1) is 5.10 Å². The first-order valence-corrected chi connectivity index (χ1v) is 8.18. The first kappa shape index (κ1) is 13.7. The summed E-state index contributed by atoms with van der Waals surface area (Å²) in [6.45, 7) is 5.00. The number of aromatic nitrogens is 3. The first-order chi connectivity index (χ1) is 9.87. The summed E-state index contributed by atoms with van der Waals surface area (Å²) in [4.78, 5) is 0. The largest absolute Gasteiger partial charge is 0.271 e. The van der Waals surface area contributed by atoms with Crippen molar-refractivity contribution in [1.82, 2.24) is 20.4 Å². The molecule has 5 rings (SSSR count). The van der Waals surface area contributed by atoms with Crippen LogP contribution in [0.3, 0.4) is 0 Å². The highest BCUT2D eigenvalue weighted by molar-refractivity contribution is 5.18. The van der Waals surface area contributed by atoms with Crippen LogP contribution < -0.4 is 11.3 Å². The molecule has 0 saturated heterocycles. The summed E-state index contributed by atoms with van der Waals surface area (Å²) in [5, 5.41) is 8.19. The summed E-state index contributed by atoms with van der Waals surface area (Å²) in [7, 11) is 1.97. The van der Waals surface area contributed by atoms with Crippen LogP contribution in [0.5, 0.6) is 0 Å². The molecule has 1 aromatic rings. The van der Waals surface area contributed by atoms with E-state index < -0.39 is 0 Å². The Balaban J connectivity index is 1.78. The summed E-state index contributed by atoms with van der Waals surface area (Å²) in [5.41, 5.74) is 5.53. The maximum atomic E-state index is 6.02. The number of nitrogens with one attached hydrogen (secondary N) is 1. The van der Waals surface area contributed by atoms with Crippen LogP contribution in [-0.4, -0.2) is 15.0 Å². The van der Waals surface area contributed by atoms with Crippen LogP contribution in [0.2, 0.25) is 0 Å². The third-order valence-corrected chi connectivity index (χ3v) is 6.49. The van der Waals surface area contributed by atoms with Crippen molar-refractivity contribution < 1.29 is 0 Å². The van der Waals surface area contributed by atoms with E-state index in [1.54, 1.807) is 0 Å². The lowest BCUT2D eigenvalue weighted by molar-refractivity contribution is -0.159. The Labute approximate surface area is 126 Å². The fraction of sp³-hybridized carbons (Fsp3) is 0.875. The molecule has 5 nitrogen and oxygen atoms in total. The molecule has 0 aromatic carbocycles. The minimum absolute atomic E-state index is 0.166. The van der Waals surface area contributed by atoms with E-state index in [0.717, 1.165) is 11.6 Å². The Hall–Kier alpha value is -0.940. The second kappa shape index (κ2) is 4.07. The van der Waals surface area contributed by atoms with E-state index in [0.29, 0.717) is 10.8 Å². The highest BCUT2D eigenvalue weighted by Crippen LogP contribution is 2.72. The van der Waals surface area contributed by atoms with Crippen LogP contribution in [-0.2, 0) is 7.05 Å². The fourth-order valence-electron chi connectivity index (χ4n) is 6.99. The quantitative estimate of drug-likeness (QED) is 0.662. The highest BCUT2D eigenvalue weighted by atomic mass is 15.4. The predicted octanol–water partition coefficient (Wildman–Crippen LogP) is 2.32. The lowest BCUT2D eigenvalue weighted by atomic mass is 9.39. The van der Waals surface area contributed by atoms with Gasteiger partial charge in [-0.1, -0.05) is 19.1 Å². The van der Waals surface area contributed by atoms with Crippen molar-refractivity contribution in [2.75, 3.05) is 0 Å². The SMILES string of the molecule is Cn1nncc1C(NN)C12CC3CC(C)(CC(C)(C3)C1)C2. The van der Waals surface area contributed by atoms with Crippen LogP contribution in [0.4, 0.5) is 0 Å². The predicted molar refractivity (Wildman–Crippen MR) is 80.9 cm³/mol. The summed E-state index contributed by atoms with van der Waals surface area (Å²) in [6.07, 6.45) is 9.96. The van der Waals surface area contributed by atoms with E-state index in [1.165, 1.54) is 38.5 Å². The normalized spacial score (nSPS) is 46.0. The molecule has 0 spiro atoms. The van der Waals surface area contributed by atoms with Gasteiger partial charge in [-0.25, -0.2) is 0 Å². The standard InChI is InChI=1S/C16H27N5/c1-14-4-11-5-15(2,8-14)10-16(6-11,9-14)13(19-17)12-7-18-20-21(12)3/h7,11,13,19H,4-6,8-10,17H2,1-3H3. The monoisotopic (exact) mass is 289 g/mol. The highest BCUT2D eigenvalue weighted by Gasteiger charge is 2.62. The van der Waals surface area contributed by atoms with Crippen molar-refractivity contribution in [3.63, 3.8) is 0 Å². The maximum absolute atomic E-state index is 6.02. The Kier molecular flexibility index (Phi) is 2.66. The molecule has 0 aliphatic heterocycles. The van der Waals surface area contributed by atoms with Gasteiger partial charge in [-0.3, -0.25) is 16.0 Å². The van der Waals surface area contributed by atoms with Crippen molar-refractivity contribution in [2.24, 2.45) is 35.1 Å². The molecular formula is C16H27N5. The van der Waals surface area contributed by atoms with Crippen molar-refractivity contribution in [3.05, 3.63) is 11.9 Å². The minimum Gasteiger partial charge on any atom is -0.271 e. The van der Waals surface area contributed by atoms with Crippen molar-refractivity contribution >= 4 is 0 Å². The van der Waals surface area contributed by atoms with Crippen molar-refractivity contribution in [2.45, 2.75) is 58.4 Å². The molecule has 0 radical (unpaired) electrons. The molecule has 0 amide bonds. The lowest BCUT2D eigenvalue weighted by Crippen LogP contribution is -2.59. The fourth-order valence-corrected chi connectivity index (χ4v) is 6.99. The lowest BCUT2D eigenvalue weighted by Gasteiger charge is -2.67. The van der Waals surface area contributed by atoms with Crippen LogP contribution >= 0.6 is 0 Å². The average molecular weight is 289 g/mol. The summed E-state index contributed by atoms with van der Waals surface area (Å²) >= 11 is 0. The van der Waals surface area contributed by atoms with E-state index in [2.05, 4.69) is 29.6 Å². The van der Waals surface area contributed by atoms with E-state index in [1.807, 2.05) is 17.9 Å². The molecule has 3 N–H and O–H groups in total. The maximum Gasteiger partial charge on any atom is 0.0772 e. The molecule has 4 bridgehead atoms. The average Bonchev–Trinajstić information content (AvgIpc) is 2.71. The van der Waals surface area contributed by atoms with E-state index in [-0.39, 0.29) is 11.5 Å². The Bertz CT molecular complexity index is 547. The Morgan fingerprint density at radius 3 is 2.38 bits per heavy atom. The third kappa shape index (κ3) is 1.90. The van der Waals surface area contributed by atoms with E-state index >= 15 is 0 Å². The van der Waals surface area contributed by atoms with Crippen LogP contribution in [0.15, 0.2) is 6.20 Å². The second-order valence-electron chi connectivity index (χ2n) is 8.87. The second-order valence-corrected chi connectivity index (χ2v) is 8.87. The summed E-state index contributed by atoms with van der Waals surface area (Å²) < 4.78 is 1.88. The molecule has 4 aliphatic carbocycles. The van der Waals surface area contributed by atoms with Gasteiger partial charge in [0.05, 0.1) is 17.9 Å². The summed E-state index contributed by atoms with van der Waals surface area (Å²) in [5.74, 6) is 6.89. The van der Waals surface area contributed by atoms with Gasteiger partial charge in [0.1, 0.15) is 0 Å². The van der Waals surface area contributed by atoms with Gasteiger partial charge in [0, 0.05) is 7.05 Å². The number of nitrogens with zero attached hydrogens (tertiary/aromatic N) is 3. The van der Waals surface area contributed by atoms with Crippen molar-refractivity contribution in [3.8, 4) is 0 Å². The number of nitrogens with two attached hydrogens (primary N) is 1. The molecule has 3 atom stereocenters. The zero-order valence-electron chi connectivity index (χ0n) is 13.4. The zero-order chi connectivity index (χ0) is 14.9. The molecule has 4 fully saturated rings. The first-order valence-electron chi connectivity index (χ1n) is 8.18. The van der Waals surface area contributed by atoms with Gasteiger partial charge in [-0.2, -0.15) is 0 Å².